The molecule has 0 bridgehead atoms. The van der Waals surface area contributed by atoms with E-state index in [1.807, 2.05) is 0 Å². The van der Waals surface area contributed by atoms with Gasteiger partial charge in [0, 0.05) is 13.1 Å². The number of anilines is 1. The van der Waals surface area contributed by atoms with E-state index in [0.29, 0.717) is 30.5 Å². The van der Waals surface area contributed by atoms with Crippen molar-refractivity contribution in [3.05, 3.63) is 17.3 Å². The van der Waals surface area contributed by atoms with Gasteiger partial charge in [-0.15, -0.1) is 10.2 Å². The Balaban J connectivity index is 2.15. The minimum absolute atomic E-state index is 0.341. The van der Waals surface area contributed by atoms with E-state index in [0.717, 1.165) is 0 Å². The molecular formula is C8H11ClN4O2. The Hall–Kier alpha value is -1.56. The van der Waals surface area contributed by atoms with Crippen LogP contribution in [0.15, 0.2) is 12.1 Å². The molecule has 3 N–H and O–H groups in total. The van der Waals surface area contributed by atoms with Gasteiger partial charge in [0.2, 0.25) is 0 Å². The molecule has 0 aliphatic heterocycles. The Kier molecular flexibility index (Phi) is 4.62. The predicted molar refractivity (Wildman–Crippen MR) is 56.2 cm³/mol. The lowest BCUT2D eigenvalue weighted by atomic mass is 10.4. The van der Waals surface area contributed by atoms with E-state index in [1.165, 1.54) is 0 Å². The number of nitrogens with one attached hydrogen (secondary N) is 2. The van der Waals surface area contributed by atoms with Gasteiger partial charge in [-0.25, -0.2) is 4.79 Å². The van der Waals surface area contributed by atoms with Gasteiger partial charge in [0.05, 0.1) is 0 Å². The van der Waals surface area contributed by atoms with Gasteiger partial charge in [0.1, 0.15) is 5.82 Å². The first-order valence-electron chi connectivity index (χ1n) is 4.38. The zero-order chi connectivity index (χ0) is 11.1. The second kappa shape index (κ2) is 6.02. The highest BCUT2D eigenvalue weighted by atomic mass is 35.5. The molecular weight excluding hydrogens is 220 g/mol. The van der Waals surface area contributed by atoms with Crippen LogP contribution in [0.4, 0.5) is 10.6 Å². The van der Waals surface area contributed by atoms with E-state index in [4.69, 9.17) is 16.7 Å². The third-order valence-electron chi connectivity index (χ3n) is 1.57. The second-order valence-corrected chi connectivity index (χ2v) is 3.14. The van der Waals surface area contributed by atoms with Crippen LogP contribution in [0.5, 0.6) is 0 Å². The van der Waals surface area contributed by atoms with Crippen LogP contribution in [0, 0.1) is 0 Å². The van der Waals surface area contributed by atoms with Gasteiger partial charge in [-0.1, -0.05) is 11.6 Å². The van der Waals surface area contributed by atoms with Gasteiger partial charge in [-0.2, -0.15) is 0 Å². The summed E-state index contributed by atoms with van der Waals surface area (Å²) >= 11 is 5.55. The Morgan fingerprint density at radius 2 is 2.20 bits per heavy atom. The van der Waals surface area contributed by atoms with Crippen LogP contribution in [0.25, 0.3) is 0 Å². The van der Waals surface area contributed by atoms with E-state index in [2.05, 4.69) is 20.8 Å². The van der Waals surface area contributed by atoms with Gasteiger partial charge in [-0.05, 0) is 18.6 Å². The molecule has 0 aliphatic rings. The highest BCUT2D eigenvalue weighted by molar-refractivity contribution is 6.29. The van der Waals surface area contributed by atoms with E-state index >= 15 is 0 Å². The molecule has 1 heterocycles. The number of carboxylic acid groups (broad SMARTS) is 1. The van der Waals surface area contributed by atoms with Crippen LogP contribution in [0.2, 0.25) is 5.15 Å². The third-order valence-corrected chi connectivity index (χ3v) is 1.77. The number of halogens is 1. The fourth-order valence-corrected chi connectivity index (χ4v) is 1.01. The van der Waals surface area contributed by atoms with E-state index in [9.17, 15) is 4.79 Å². The quantitative estimate of drug-likeness (QED) is 0.662. The molecule has 0 saturated heterocycles. The summed E-state index contributed by atoms with van der Waals surface area (Å²) in [5.74, 6) is 0.620. The summed E-state index contributed by atoms with van der Waals surface area (Å²) in [7, 11) is 0. The lowest BCUT2D eigenvalue weighted by molar-refractivity contribution is 0.194. The molecule has 82 valence electrons. The average Bonchev–Trinajstić information content (AvgIpc) is 2.20. The van der Waals surface area contributed by atoms with Crippen molar-refractivity contribution in [3.63, 3.8) is 0 Å². The van der Waals surface area contributed by atoms with Gasteiger partial charge in [0.15, 0.2) is 5.15 Å². The number of carbonyl (C=O) groups is 1. The summed E-state index contributed by atoms with van der Waals surface area (Å²) in [6.45, 7) is 1.03. The molecule has 7 heteroatoms. The standard InChI is InChI=1S/C8H11ClN4O2/c9-6-2-3-7(13-12-6)10-4-1-5-11-8(14)15/h2-3,11H,1,4-5H2,(H,10,13)(H,14,15). The number of hydrogen-bond donors (Lipinski definition) is 3. The maximum Gasteiger partial charge on any atom is 0.404 e. The summed E-state index contributed by atoms with van der Waals surface area (Å²) in [4.78, 5) is 10.1. The molecule has 1 amide bonds. The minimum Gasteiger partial charge on any atom is -0.465 e. The molecule has 15 heavy (non-hydrogen) atoms. The summed E-state index contributed by atoms with van der Waals surface area (Å²) in [5.41, 5.74) is 0. The highest BCUT2D eigenvalue weighted by Crippen LogP contribution is 2.05. The van der Waals surface area contributed by atoms with Crippen LogP contribution in [0.1, 0.15) is 6.42 Å². The normalized spacial score (nSPS) is 9.67. The molecule has 0 unspecified atom stereocenters. The number of aromatic nitrogens is 2. The van der Waals surface area contributed by atoms with Gasteiger partial charge in [0.25, 0.3) is 0 Å². The Labute approximate surface area is 91.7 Å². The molecule has 0 aromatic carbocycles. The minimum atomic E-state index is -1.01. The third kappa shape index (κ3) is 5.02. The molecule has 0 spiro atoms. The molecule has 1 rings (SSSR count). The van der Waals surface area contributed by atoms with Crippen LogP contribution in [0.3, 0.4) is 0 Å². The number of rotatable bonds is 5. The summed E-state index contributed by atoms with van der Waals surface area (Å²) in [5, 5.41) is 21.3. The van der Waals surface area contributed by atoms with Gasteiger partial charge in [-0.3, -0.25) is 0 Å². The second-order valence-electron chi connectivity index (χ2n) is 2.75. The van der Waals surface area contributed by atoms with E-state index in [1.54, 1.807) is 12.1 Å². The van der Waals surface area contributed by atoms with Crippen molar-refractivity contribution in [1.82, 2.24) is 15.5 Å². The van der Waals surface area contributed by atoms with Crippen molar-refractivity contribution in [1.29, 1.82) is 0 Å². The van der Waals surface area contributed by atoms with Crippen LogP contribution in [-0.4, -0.2) is 34.5 Å². The molecule has 6 nitrogen and oxygen atoms in total. The zero-order valence-corrected chi connectivity index (χ0v) is 8.66. The van der Waals surface area contributed by atoms with Crippen molar-refractivity contribution in [2.45, 2.75) is 6.42 Å². The SMILES string of the molecule is O=C(O)NCCCNc1ccc(Cl)nn1. The largest absolute Gasteiger partial charge is 0.465 e. The number of amides is 1. The fraction of sp³-hybridized carbons (Fsp3) is 0.375. The van der Waals surface area contributed by atoms with Crippen molar-refractivity contribution >= 4 is 23.5 Å². The van der Waals surface area contributed by atoms with Gasteiger partial charge >= 0.3 is 6.09 Å². The van der Waals surface area contributed by atoms with E-state index in [-0.39, 0.29) is 0 Å². The van der Waals surface area contributed by atoms with E-state index < -0.39 is 6.09 Å². The molecule has 0 aliphatic carbocycles. The molecule has 0 radical (unpaired) electrons. The summed E-state index contributed by atoms with van der Waals surface area (Å²) < 4.78 is 0. The van der Waals surface area contributed by atoms with Crippen molar-refractivity contribution < 1.29 is 9.90 Å². The van der Waals surface area contributed by atoms with Gasteiger partial charge < -0.3 is 15.7 Å². The maximum atomic E-state index is 10.1. The molecule has 0 fully saturated rings. The number of nitrogens with zero attached hydrogens (tertiary/aromatic N) is 2. The topological polar surface area (TPSA) is 87.1 Å². The first-order chi connectivity index (χ1) is 7.18. The van der Waals surface area contributed by atoms with Crippen molar-refractivity contribution in [2.24, 2.45) is 0 Å². The Bertz CT molecular complexity index is 317. The van der Waals surface area contributed by atoms with Crippen molar-refractivity contribution in [3.8, 4) is 0 Å². The molecule has 0 saturated carbocycles. The Morgan fingerprint density at radius 3 is 2.80 bits per heavy atom. The first kappa shape index (κ1) is 11.5. The lowest BCUT2D eigenvalue weighted by Gasteiger charge is -2.04. The number of hydrogen-bond acceptors (Lipinski definition) is 4. The fourth-order valence-electron chi connectivity index (χ4n) is 0.910. The first-order valence-corrected chi connectivity index (χ1v) is 4.76. The zero-order valence-electron chi connectivity index (χ0n) is 7.90. The lowest BCUT2D eigenvalue weighted by Crippen LogP contribution is -2.23. The van der Waals surface area contributed by atoms with Crippen LogP contribution < -0.4 is 10.6 Å². The Morgan fingerprint density at radius 1 is 1.40 bits per heavy atom. The monoisotopic (exact) mass is 230 g/mol. The van der Waals surface area contributed by atoms with Crippen LogP contribution >= 0.6 is 11.6 Å². The smallest absolute Gasteiger partial charge is 0.404 e. The summed E-state index contributed by atoms with van der Waals surface area (Å²) in [6, 6.07) is 3.34. The molecule has 0 atom stereocenters. The molecule has 1 aromatic rings. The molecule has 1 aromatic heterocycles. The predicted octanol–water partition coefficient (Wildman–Crippen LogP) is 1.20. The average molecular weight is 231 g/mol. The van der Waals surface area contributed by atoms with Crippen molar-refractivity contribution in [2.75, 3.05) is 18.4 Å². The highest BCUT2D eigenvalue weighted by Gasteiger charge is 1.95. The maximum absolute atomic E-state index is 10.1. The van der Waals surface area contributed by atoms with Crippen LogP contribution in [-0.2, 0) is 0 Å². The summed E-state index contributed by atoms with van der Waals surface area (Å²) in [6.07, 6.45) is -0.336.